The minimum absolute atomic E-state index is 0.116. The van der Waals surface area contributed by atoms with Gasteiger partial charge in [0.15, 0.2) is 6.61 Å². The minimum Gasteiger partial charge on any atom is -0.484 e. The summed E-state index contributed by atoms with van der Waals surface area (Å²) in [6, 6.07) is 16.5. The number of carbonyl (C=O) groups excluding carboxylic acids is 3. The first kappa shape index (κ1) is 22.8. The number of hydrogen-bond donors (Lipinski definition) is 1. The highest BCUT2D eigenvalue weighted by molar-refractivity contribution is 6.16. The number of amides is 2. The smallest absolute Gasteiger partial charge is 0.340 e. The Morgan fingerprint density at radius 1 is 1.09 bits per heavy atom. The first-order valence-corrected chi connectivity index (χ1v) is 10.2. The molecule has 0 saturated carbocycles. The van der Waals surface area contributed by atoms with E-state index in [-0.39, 0.29) is 35.6 Å². The van der Waals surface area contributed by atoms with Crippen molar-refractivity contribution in [2.75, 3.05) is 20.8 Å². The highest BCUT2D eigenvalue weighted by atomic mass is 16.5. The quantitative estimate of drug-likeness (QED) is 0.534. The fraction of sp³-hybridized carbons (Fsp3) is 0.240. The van der Waals surface area contributed by atoms with E-state index in [0.29, 0.717) is 17.0 Å². The molecule has 1 aliphatic rings. The molecule has 0 aromatic heterocycles. The molecule has 3 rings (SSSR count). The molecule has 0 fully saturated rings. The van der Waals surface area contributed by atoms with E-state index in [1.807, 2.05) is 37.3 Å². The molecular formula is C25H26N2O5. The summed E-state index contributed by atoms with van der Waals surface area (Å²) in [5.74, 6) is -0.533. The number of benzene rings is 2. The largest absolute Gasteiger partial charge is 0.484 e. The lowest BCUT2D eigenvalue weighted by Crippen LogP contribution is -2.31. The standard InChI is InChI=1S/C25H26N2O5/c1-16(19-8-6-5-7-9-19)26-22(28)15-32-20-12-10-18(11-13-20)14-21-23(25(30)31-4)17(2)27(3)24(21)29/h5-14,16H,15H2,1-4H3,(H,26,28)/b21-14-/t16-/m1/s1. The van der Waals surface area contributed by atoms with Crippen molar-refractivity contribution >= 4 is 23.9 Å². The predicted octanol–water partition coefficient (Wildman–Crippen LogP) is 3.25. The fourth-order valence-electron chi connectivity index (χ4n) is 3.38. The van der Waals surface area contributed by atoms with Gasteiger partial charge in [-0.25, -0.2) is 4.79 Å². The molecule has 32 heavy (non-hydrogen) atoms. The summed E-state index contributed by atoms with van der Waals surface area (Å²) in [6.07, 6.45) is 1.64. The summed E-state index contributed by atoms with van der Waals surface area (Å²) < 4.78 is 10.4. The van der Waals surface area contributed by atoms with Crippen LogP contribution < -0.4 is 10.1 Å². The van der Waals surface area contributed by atoms with E-state index >= 15 is 0 Å². The first-order chi connectivity index (χ1) is 15.3. The van der Waals surface area contributed by atoms with Crippen LogP contribution in [0.2, 0.25) is 0 Å². The van der Waals surface area contributed by atoms with Crippen molar-refractivity contribution in [1.29, 1.82) is 0 Å². The lowest BCUT2D eigenvalue weighted by Gasteiger charge is -2.14. The zero-order chi connectivity index (χ0) is 23.3. The molecule has 0 saturated heterocycles. The summed E-state index contributed by atoms with van der Waals surface area (Å²) in [5, 5.41) is 2.90. The minimum atomic E-state index is -0.554. The number of carbonyl (C=O) groups is 3. The van der Waals surface area contributed by atoms with E-state index in [9.17, 15) is 14.4 Å². The molecule has 1 atom stereocenters. The number of allylic oxidation sites excluding steroid dienone is 1. The Bertz CT molecular complexity index is 1070. The van der Waals surface area contributed by atoms with E-state index < -0.39 is 5.97 Å². The van der Waals surface area contributed by atoms with Gasteiger partial charge >= 0.3 is 5.97 Å². The third-order valence-electron chi connectivity index (χ3n) is 5.30. The van der Waals surface area contributed by atoms with Crippen LogP contribution in [0.15, 0.2) is 71.4 Å². The van der Waals surface area contributed by atoms with Gasteiger partial charge in [-0.2, -0.15) is 0 Å². The van der Waals surface area contributed by atoms with Crippen molar-refractivity contribution in [3.05, 3.63) is 82.6 Å². The van der Waals surface area contributed by atoms with Crippen LogP contribution in [-0.4, -0.2) is 43.4 Å². The molecule has 0 bridgehead atoms. The lowest BCUT2D eigenvalue weighted by molar-refractivity contribution is -0.136. The molecule has 2 aromatic rings. The first-order valence-electron chi connectivity index (χ1n) is 10.2. The summed E-state index contributed by atoms with van der Waals surface area (Å²) in [4.78, 5) is 38.3. The van der Waals surface area contributed by atoms with Gasteiger partial charge in [0, 0.05) is 12.7 Å². The predicted molar refractivity (Wildman–Crippen MR) is 120 cm³/mol. The van der Waals surface area contributed by atoms with Gasteiger partial charge in [-0.05, 0) is 43.2 Å². The van der Waals surface area contributed by atoms with Crippen molar-refractivity contribution in [1.82, 2.24) is 10.2 Å². The number of rotatable bonds is 7. The van der Waals surface area contributed by atoms with E-state index in [1.165, 1.54) is 12.0 Å². The average Bonchev–Trinajstić information content (AvgIpc) is 3.02. The summed E-state index contributed by atoms with van der Waals surface area (Å²) in [7, 11) is 2.90. The molecule has 1 N–H and O–H groups in total. The van der Waals surface area contributed by atoms with Crippen molar-refractivity contribution in [2.24, 2.45) is 0 Å². The van der Waals surface area contributed by atoms with Crippen LogP contribution in [0, 0.1) is 0 Å². The lowest BCUT2D eigenvalue weighted by atomic mass is 10.0. The SMILES string of the molecule is COC(=O)C1=C(C)N(C)C(=O)/C1=C\c1ccc(OCC(=O)N[C@H](C)c2ccccc2)cc1. The molecule has 1 aliphatic heterocycles. The van der Waals surface area contributed by atoms with Gasteiger partial charge in [-0.3, -0.25) is 9.59 Å². The van der Waals surface area contributed by atoms with Gasteiger partial charge in [-0.15, -0.1) is 0 Å². The highest BCUT2D eigenvalue weighted by Gasteiger charge is 2.34. The zero-order valence-electron chi connectivity index (χ0n) is 18.5. The summed E-state index contributed by atoms with van der Waals surface area (Å²) in [5.41, 5.74) is 2.81. The Balaban J connectivity index is 1.63. The van der Waals surface area contributed by atoms with E-state index in [4.69, 9.17) is 9.47 Å². The van der Waals surface area contributed by atoms with Gasteiger partial charge in [0.05, 0.1) is 24.3 Å². The van der Waals surface area contributed by atoms with Crippen molar-refractivity contribution in [3.63, 3.8) is 0 Å². The van der Waals surface area contributed by atoms with Crippen LogP contribution in [0.25, 0.3) is 6.08 Å². The molecule has 7 nitrogen and oxygen atoms in total. The van der Waals surface area contributed by atoms with E-state index in [2.05, 4.69) is 5.32 Å². The second-order valence-electron chi connectivity index (χ2n) is 7.43. The number of hydrogen-bond acceptors (Lipinski definition) is 5. The number of methoxy groups -OCH3 is 1. The Hall–Kier alpha value is -3.87. The van der Waals surface area contributed by atoms with Crippen molar-refractivity contribution in [2.45, 2.75) is 19.9 Å². The molecule has 0 unspecified atom stereocenters. The maximum absolute atomic E-state index is 12.5. The van der Waals surface area contributed by atoms with Gasteiger partial charge in [0.2, 0.25) is 0 Å². The van der Waals surface area contributed by atoms with Gasteiger partial charge in [-0.1, -0.05) is 42.5 Å². The molecule has 0 aliphatic carbocycles. The molecule has 2 amide bonds. The van der Waals surface area contributed by atoms with Gasteiger partial charge in [0.1, 0.15) is 5.75 Å². The second-order valence-corrected chi connectivity index (χ2v) is 7.43. The Morgan fingerprint density at radius 3 is 2.38 bits per heavy atom. The van der Waals surface area contributed by atoms with Crippen LogP contribution >= 0.6 is 0 Å². The molecule has 0 radical (unpaired) electrons. The Kier molecular flexibility index (Phi) is 7.10. The van der Waals surface area contributed by atoms with Gasteiger partial charge in [0.25, 0.3) is 11.8 Å². The van der Waals surface area contributed by atoms with E-state index in [0.717, 1.165) is 5.56 Å². The molecule has 7 heteroatoms. The third-order valence-corrected chi connectivity index (χ3v) is 5.30. The van der Waals surface area contributed by atoms with Crippen molar-refractivity contribution < 1.29 is 23.9 Å². The number of nitrogens with zero attached hydrogens (tertiary/aromatic N) is 1. The van der Waals surface area contributed by atoms with Crippen LogP contribution in [0.4, 0.5) is 0 Å². The van der Waals surface area contributed by atoms with Crippen LogP contribution in [-0.2, 0) is 19.1 Å². The van der Waals surface area contributed by atoms with Crippen LogP contribution in [0.3, 0.4) is 0 Å². The van der Waals surface area contributed by atoms with Crippen LogP contribution in [0.1, 0.15) is 31.0 Å². The molecule has 0 spiro atoms. The Morgan fingerprint density at radius 2 is 1.75 bits per heavy atom. The molecule has 2 aromatic carbocycles. The maximum Gasteiger partial charge on any atom is 0.340 e. The summed E-state index contributed by atoms with van der Waals surface area (Å²) >= 11 is 0. The average molecular weight is 434 g/mol. The fourth-order valence-corrected chi connectivity index (χ4v) is 3.38. The number of ether oxygens (including phenoxy) is 2. The number of likely N-dealkylation sites (N-methyl/N-ethyl adjacent to an activating group) is 1. The molecular weight excluding hydrogens is 408 g/mol. The third kappa shape index (κ3) is 5.06. The Labute approximate surface area is 187 Å². The number of esters is 1. The van der Waals surface area contributed by atoms with E-state index in [1.54, 1.807) is 44.3 Å². The van der Waals surface area contributed by atoms with Crippen molar-refractivity contribution in [3.8, 4) is 5.75 Å². The normalized spacial score (nSPS) is 15.7. The highest BCUT2D eigenvalue weighted by Crippen LogP contribution is 2.30. The summed E-state index contributed by atoms with van der Waals surface area (Å²) in [6.45, 7) is 3.50. The molecule has 166 valence electrons. The number of nitrogens with one attached hydrogen (secondary N) is 1. The monoisotopic (exact) mass is 434 g/mol. The maximum atomic E-state index is 12.5. The zero-order valence-corrected chi connectivity index (χ0v) is 18.5. The van der Waals surface area contributed by atoms with Crippen LogP contribution in [0.5, 0.6) is 5.75 Å². The molecule has 1 heterocycles. The van der Waals surface area contributed by atoms with Gasteiger partial charge < -0.3 is 19.7 Å². The second kappa shape index (κ2) is 9.96. The topological polar surface area (TPSA) is 84.9 Å².